The maximum atomic E-state index is 13.4. The van der Waals surface area contributed by atoms with Crippen molar-refractivity contribution in [3.05, 3.63) is 75.7 Å². The van der Waals surface area contributed by atoms with E-state index < -0.39 is 11.5 Å². The van der Waals surface area contributed by atoms with Crippen LogP contribution in [-0.2, 0) is 21.4 Å². The summed E-state index contributed by atoms with van der Waals surface area (Å²) in [7, 11) is 1.62. The predicted octanol–water partition coefficient (Wildman–Crippen LogP) is 3.87. The van der Waals surface area contributed by atoms with Gasteiger partial charge in [0, 0.05) is 17.6 Å². The number of amides is 2. The summed E-state index contributed by atoms with van der Waals surface area (Å²) in [5, 5.41) is 5.92. The van der Waals surface area contributed by atoms with Crippen LogP contribution in [0.5, 0.6) is 5.75 Å². The van der Waals surface area contributed by atoms with Crippen LogP contribution in [0.3, 0.4) is 0 Å². The van der Waals surface area contributed by atoms with E-state index in [0.717, 1.165) is 27.5 Å². The number of likely N-dealkylation sites (tertiary alicyclic amines) is 1. The van der Waals surface area contributed by atoms with Crippen molar-refractivity contribution in [2.75, 3.05) is 19.0 Å². The summed E-state index contributed by atoms with van der Waals surface area (Å²) in [6.07, 6.45) is 0.795. The Balaban J connectivity index is 1.61. The molecule has 2 aliphatic rings. The largest absolute Gasteiger partial charge is 0.497 e. The third kappa shape index (κ3) is 3.11. The molecular formula is C24H23N3O3S. The molecular weight excluding hydrogens is 410 g/mol. The molecule has 0 unspecified atom stereocenters. The molecule has 0 aliphatic carbocycles. The topological polar surface area (TPSA) is 71.5 Å². The Bertz CT molecular complexity index is 1170. The second-order valence-corrected chi connectivity index (χ2v) is 9.08. The maximum absolute atomic E-state index is 13.4. The number of benzene rings is 2. The van der Waals surface area contributed by atoms with Crippen LogP contribution >= 0.6 is 11.3 Å². The van der Waals surface area contributed by atoms with Gasteiger partial charge in [0.05, 0.1) is 30.3 Å². The van der Waals surface area contributed by atoms with Gasteiger partial charge >= 0.3 is 0 Å². The Morgan fingerprint density at radius 3 is 2.90 bits per heavy atom. The van der Waals surface area contributed by atoms with Gasteiger partial charge < -0.3 is 15.0 Å². The van der Waals surface area contributed by atoms with Crippen LogP contribution in [-0.4, -0.2) is 35.4 Å². The number of anilines is 1. The van der Waals surface area contributed by atoms with Crippen LogP contribution in [0.4, 0.5) is 5.69 Å². The first kappa shape index (κ1) is 19.8. The van der Waals surface area contributed by atoms with Crippen LogP contribution in [0.25, 0.3) is 0 Å². The molecule has 31 heavy (non-hydrogen) atoms. The number of hydrogen-bond donors (Lipinski definition) is 1. The number of aryl methyl sites for hydroxylation is 1. The molecule has 3 aromatic rings. The van der Waals surface area contributed by atoms with Crippen molar-refractivity contribution >= 4 is 28.8 Å². The molecule has 0 radical (unpaired) electrons. The highest BCUT2D eigenvalue weighted by molar-refractivity contribution is 7.09. The van der Waals surface area contributed by atoms with E-state index in [0.29, 0.717) is 18.7 Å². The van der Waals surface area contributed by atoms with Crippen molar-refractivity contribution in [2.45, 2.75) is 31.2 Å². The number of hydrogen-bond acceptors (Lipinski definition) is 5. The zero-order valence-corrected chi connectivity index (χ0v) is 18.2. The monoisotopic (exact) mass is 433 g/mol. The number of thiazole rings is 1. The number of aromatic nitrogens is 1. The van der Waals surface area contributed by atoms with Crippen molar-refractivity contribution in [3.8, 4) is 5.75 Å². The van der Waals surface area contributed by atoms with E-state index in [-0.39, 0.29) is 18.2 Å². The van der Waals surface area contributed by atoms with Gasteiger partial charge in [-0.3, -0.25) is 9.59 Å². The molecule has 7 heteroatoms. The first-order chi connectivity index (χ1) is 15.0. The van der Waals surface area contributed by atoms with Crippen molar-refractivity contribution in [3.63, 3.8) is 0 Å². The molecule has 6 nitrogen and oxygen atoms in total. The molecule has 1 fully saturated rings. The van der Waals surface area contributed by atoms with Crippen molar-refractivity contribution in [1.82, 2.24) is 9.88 Å². The van der Waals surface area contributed by atoms with Crippen molar-refractivity contribution in [2.24, 2.45) is 0 Å². The minimum Gasteiger partial charge on any atom is -0.497 e. The summed E-state index contributed by atoms with van der Waals surface area (Å²) in [6, 6.07) is 15.1. The van der Waals surface area contributed by atoms with Crippen LogP contribution < -0.4 is 10.1 Å². The number of carbonyl (C=O) groups is 2. The summed E-state index contributed by atoms with van der Waals surface area (Å²) in [5.41, 5.74) is 2.62. The Morgan fingerprint density at radius 1 is 1.29 bits per heavy atom. The van der Waals surface area contributed by atoms with Crippen LogP contribution in [0.1, 0.15) is 34.3 Å². The van der Waals surface area contributed by atoms with Gasteiger partial charge in [-0.15, -0.1) is 11.3 Å². The molecule has 3 heterocycles. The van der Waals surface area contributed by atoms with Gasteiger partial charge in [0.1, 0.15) is 11.2 Å². The maximum Gasteiger partial charge on any atom is 0.237 e. The Labute approximate surface area is 184 Å². The van der Waals surface area contributed by atoms with Crippen LogP contribution in [0.15, 0.2) is 53.9 Å². The molecule has 2 amide bonds. The number of rotatable bonds is 4. The molecule has 2 aromatic carbocycles. The fraction of sp³-hybridized carbons (Fsp3) is 0.292. The predicted molar refractivity (Wildman–Crippen MR) is 119 cm³/mol. The standard InChI is InChI=1S/C24H23N3O3S/c1-15-25-17(14-31-15)13-21(28)27-11-10-24(19-8-3-4-9-20(19)26-23(24)29)22(27)16-6-5-7-18(12-16)30-2/h3-9,12,14,22H,10-11,13H2,1-2H3,(H,26,29)/t22-,24+/m0/s1. The average molecular weight is 434 g/mol. The normalized spacial score (nSPS) is 21.9. The molecule has 0 bridgehead atoms. The minimum absolute atomic E-state index is 0.0211. The fourth-order valence-corrected chi connectivity index (χ4v) is 5.59. The zero-order valence-electron chi connectivity index (χ0n) is 17.4. The lowest BCUT2D eigenvalue weighted by Gasteiger charge is -2.34. The third-order valence-corrected chi connectivity index (χ3v) is 7.14. The molecule has 5 rings (SSSR count). The van der Waals surface area contributed by atoms with E-state index in [9.17, 15) is 9.59 Å². The molecule has 1 saturated heterocycles. The number of nitrogens with zero attached hydrogens (tertiary/aromatic N) is 2. The number of nitrogens with one attached hydrogen (secondary N) is 1. The van der Waals surface area contributed by atoms with Crippen molar-refractivity contribution in [1.29, 1.82) is 0 Å². The molecule has 2 aliphatic heterocycles. The number of methoxy groups -OCH3 is 1. The lowest BCUT2D eigenvalue weighted by atomic mass is 9.72. The third-order valence-electron chi connectivity index (χ3n) is 6.32. The summed E-state index contributed by atoms with van der Waals surface area (Å²) in [4.78, 5) is 33.2. The average Bonchev–Trinajstić information content (AvgIpc) is 3.45. The van der Waals surface area contributed by atoms with Gasteiger partial charge in [-0.25, -0.2) is 4.98 Å². The molecule has 1 N–H and O–H groups in total. The Hall–Kier alpha value is -3.19. The van der Waals surface area contributed by atoms with E-state index >= 15 is 0 Å². The Morgan fingerprint density at radius 2 is 2.13 bits per heavy atom. The SMILES string of the molecule is COc1cccc([C@@H]2N(C(=O)Cc3csc(C)n3)CC[C@]23C(=O)Nc2ccccc23)c1. The summed E-state index contributed by atoms with van der Waals surface area (Å²) < 4.78 is 5.44. The van der Waals surface area contributed by atoms with Gasteiger partial charge in [0.25, 0.3) is 0 Å². The molecule has 158 valence electrons. The van der Waals surface area contributed by atoms with Gasteiger partial charge in [-0.2, -0.15) is 0 Å². The summed E-state index contributed by atoms with van der Waals surface area (Å²) in [5.74, 6) is 0.627. The lowest BCUT2D eigenvalue weighted by molar-refractivity contribution is -0.132. The number of para-hydroxylation sites is 1. The number of ether oxygens (including phenoxy) is 1. The quantitative estimate of drug-likeness (QED) is 0.678. The molecule has 1 aromatic heterocycles. The molecule has 1 spiro atoms. The van der Waals surface area contributed by atoms with Crippen molar-refractivity contribution < 1.29 is 14.3 Å². The summed E-state index contributed by atoms with van der Waals surface area (Å²) >= 11 is 1.54. The number of fused-ring (bicyclic) bond motifs is 2. The molecule has 2 atom stereocenters. The highest BCUT2D eigenvalue weighted by Gasteiger charge is 2.59. The highest BCUT2D eigenvalue weighted by atomic mass is 32.1. The molecule has 0 saturated carbocycles. The van der Waals surface area contributed by atoms with Gasteiger partial charge in [0.15, 0.2) is 0 Å². The lowest BCUT2D eigenvalue weighted by Crippen LogP contribution is -2.43. The van der Waals surface area contributed by atoms with Gasteiger partial charge in [-0.1, -0.05) is 30.3 Å². The minimum atomic E-state index is -0.823. The smallest absolute Gasteiger partial charge is 0.237 e. The second-order valence-electron chi connectivity index (χ2n) is 8.02. The highest BCUT2D eigenvalue weighted by Crippen LogP contribution is 2.55. The second kappa shape index (κ2) is 7.50. The van der Waals surface area contributed by atoms with Gasteiger partial charge in [0.2, 0.25) is 11.8 Å². The first-order valence-electron chi connectivity index (χ1n) is 10.3. The van der Waals surface area contributed by atoms with E-state index in [1.165, 1.54) is 11.3 Å². The zero-order chi connectivity index (χ0) is 21.6. The first-order valence-corrected chi connectivity index (χ1v) is 11.2. The van der Waals surface area contributed by atoms with E-state index in [4.69, 9.17) is 4.74 Å². The van der Waals surface area contributed by atoms with Crippen LogP contribution in [0.2, 0.25) is 0 Å². The Kier molecular flexibility index (Phi) is 4.78. The number of carbonyl (C=O) groups excluding carboxylic acids is 2. The van der Waals surface area contributed by atoms with Crippen LogP contribution in [0, 0.1) is 6.92 Å². The van der Waals surface area contributed by atoms with E-state index in [1.807, 2.05) is 65.7 Å². The summed E-state index contributed by atoms with van der Waals surface area (Å²) in [6.45, 7) is 2.44. The van der Waals surface area contributed by atoms with E-state index in [2.05, 4.69) is 10.3 Å². The van der Waals surface area contributed by atoms with Gasteiger partial charge in [-0.05, 0) is 42.7 Å². The van der Waals surface area contributed by atoms with E-state index in [1.54, 1.807) is 7.11 Å². The fourth-order valence-electron chi connectivity index (χ4n) is 4.98.